The van der Waals surface area contributed by atoms with Crippen molar-refractivity contribution in [3.05, 3.63) is 11.6 Å². The summed E-state index contributed by atoms with van der Waals surface area (Å²) in [7, 11) is 0. The molecule has 0 atom stereocenters. The minimum Gasteiger partial charge on any atom is -0.388 e. The predicted octanol–water partition coefficient (Wildman–Crippen LogP) is 1.37. The average molecular weight is 193 g/mol. The average Bonchev–Trinajstić information content (AvgIpc) is 2.86. The highest BCUT2D eigenvalue weighted by atomic mass is 16.3. The van der Waals surface area contributed by atoms with Gasteiger partial charge in [0, 0.05) is 12.0 Å². The standard InChI is InChI=1S/C10H15N3O/c14-6-9-11-12-10(7-2-1-3-7)13(9)8-4-5-8/h7-8,14H,1-6H2. The van der Waals surface area contributed by atoms with Crippen LogP contribution < -0.4 is 0 Å². The molecule has 0 unspecified atom stereocenters. The van der Waals surface area contributed by atoms with Crippen molar-refractivity contribution in [1.82, 2.24) is 14.8 Å². The lowest BCUT2D eigenvalue weighted by atomic mass is 9.85. The molecule has 2 fully saturated rings. The maximum atomic E-state index is 9.16. The summed E-state index contributed by atoms with van der Waals surface area (Å²) in [6.07, 6.45) is 6.26. The molecule has 3 rings (SSSR count). The molecule has 2 aliphatic rings. The Morgan fingerprint density at radius 2 is 2.00 bits per heavy atom. The SMILES string of the molecule is OCc1nnc(C2CCC2)n1C1CC1. The molecule has 1 aromatic heterocycles. The van der Waals surface area contributed by atoms with Crippen LogP contribution >= 0.6 is 0 Å². The topological polar surface area (TPSA) is 50.9 Å². The fourth-order valence-electron chi connectivity index (χ4n) is 2.12. The molecule has 0 saturated heterocycles. The number of nitrogens with zero attached hydrogens (tertiary/aromatic N) is 3. The number of aromatic nitrogens is 3. The summed E-state index contributed by atoms with van der Waals surface area (Å²) < 4.78 is 2.18. The van der Waals surface area contributed by atoms with Crippen LogP contribution in [0.5, 0.6) is 0 Å². The molecule has 0 radical (unpaired) electrons. The van der Waals surface area contributed by atoms with Crippen molar-refractivity contribution in [3.63, 3.8) is 0 Å². The van der Waals surface area contributed by atoms with Crippen LogP contribution in [-0.4, -0.2) is 19.9 Å². The van der Waals surface area contributed by atoms with Crippen LogP contribution in [-0.2, 0) is 6.61 Å². The van der Waals surface area contributed by atoms with Crippen molar-refractivity contribution < 1.29 is 5.11 Å². The quantitative estimate of drug-likeness (QED) is 0.788. The number of hydrogen-bond acceptors (Lipinski definition) is 3. The number of hydrogen-bond donors (Lipinski definition) is 1. The number of aliphatic hydroxyl groups excluding tert-OH is 1. The van der Waals surface area contributed by atoms with E-state index in [-0.39, 0.29) is 6.61 Å². The van der Waals surface area contributed by atoms with Crippen LogP contribution in [0.25, 0.3) is 0 Å². The molecule has 0 aromatic carbocycles. The fraction of sp³-hybridized carbons (Fsp3) is 0.800. The molecule has 1 heterocycles. The van der Waals surface area contributed by atoms with Crippen molar-refractivity contribution >= 4 is 0 Å². The van der Waals surface area contributed by atoms with E-state index < -0.39 is 0 Å². The molecule has 0 amide bonds. The van der Waals surface area contributed by atoms with Crippen molar-refractivity contribution in [2.24, 2.45) is 0 Å². The van der Waals surface area contributed by atoms with Gasteiger partial charge in [-0.1, -0.05) is 6.42 Å². The van der Waals surface area contributed by atoms with Crippen molar-refractivity contribution in [3.8, 4) is 0 Å². The third-order valence-electron chi connectivity index (χ3n) is 3.32. The Labute approximate surface area is 83.0 Å². The van der Waals surface area contributed by atoms with E-state index in [1.807, 2.05) is 0 Å². The molecule has 2 aliphatic carbocycles. The van der Waals surface area contributed by atoms with E-state index in [9.17, 15) is 0 Å². The van der Waals surface area contributed by atoms with Gasteiger partial charge >= 0.3 is 0 Å². The van der Waals surface area contributed by atoms with E-state index in [1.54, 1.807) is 0 Å². The Balaban J connectivity index is 1.96. The highest BCUT2D eigenvalue weighted by Gasteiger charge is 2.33. The maximum Gasteiger partial charge on any atom is 0.159 e. The largest absolute Gasteiger partial charge is 0.388 e. The minimum atomic E-state index is 0.0240. The Hall–Kier alpha value is -0.900. The van der Waals surface area contributed by atoms with E-state index in [1.165, 1.54) is 32.1 Å². The van der Waals surface area contributed by atoms with Crippen LogP contribution in [0.3, 0.4) is 0 Å². The van der Waals surface area contributed by atoms with Gasteiger partial charge < -0.3 is 9.67 Å². The summed E-state index contributed by atoms with van der Waals surface area (Å²) >= 11 is 0. The summed E-state index contributed by atoms with van der Waals surface area (Å²) in [5.41, 5.74) is 0. The lowest BCUT2D eigenvalue weighted by Crippen LogP contribution is -2.16. The second-order valence-electron chi connectivity index (χ2n) is 4.36. The summed E-state index contributed by atoms with van der Waals surface area (Å²) in [6.45, 7) is 0.0240. The molecule has 76 valence electrons. The van der Waals surface area contributed by atoms with E-state index >= 15 is 0 Å². The molecular weight excluding hydrogens is 178 g/mol. The first kappa shape index (κ1) is 8.41. The fourth-order valence-corrected chi connectivity index (χ4v) is 2.12. The van der Waals surface area contributed by atoms with Crippen molar-refractivity contribution in [2.45, 2.75) is 50.7 Å². The van der Waals surface area contributed by atoms with Gasteiger partial charge in [-0.15, -0.1) is 10.2 Å². The van der Waals surface area contributed by atoms with Crippen LogP contribution in [0.4, 0.5) is 0 Å². The van der Waals surface area contributed by atoms with Gasteiger partial charge in [0.2, 0.25) is 0 Å². The molecular formula is C10H15N3O. The molecule has 0 aliphatic heterocycles. The van der Waals surface area contributed by atoms with Gasteiger partial charge in [-0.05, 0) is 25.7 Å². The molecule has 1 aromatic rings. The van der Waals surface area contributed by atoms with Gasteiger partial charge in [-0.2, -0.15) is 0 Å². The van der Waals surface area contributed by atoms with Gasteiger partial charge in [0.1, 0.15) is 12.4 Å². The summed E-state index contributed by atoms with van der Waals surface area (Å²) in [4.78, 5) is 0. The summed E-state index contributed by atoms with van der Waals surface area (Å²) in [5.74, 6) is 2.50. The van der Waals surface area contributed by atoms with Gasteiger partial charge in [0.05, 0.1) is 0 Å². The zero-order chi connectivity index (χ0) is 9.54. The zero-order valence-electron chi connectivity index (χ0n) is 8.19. The van der Waals surface area contributed by atoms with Crippen LogP contribution in [0.1, 0.15) is 55.7 Å². The second-order valence-corrected chi connectivity index (χ2v) is 4.36. The molecule has 14 heavy (non-hydrogen) atoms. The van der Waals surface area contributed by atoms with E-state index in [0.717, 1.165) is 11.6 Å². The molecule has 4 heteroatoms. The Bertz CT molecular complexity index is 339. The van der Waals surface area contributed by atoms with Crippen LogP contribution in [0.15, 0.2) is 0 Å². The van der Waals surface area contributed by atoms with Gasteiger partial charge in [-0.25, -0.2) is 0 Å². The monoisotopic (exact) mass is 193 g/mol. The van der Waals surface area contributed by atoms with Crippen molar-refractivity contribution in [1.29, 1.82) is 0 Å². The molecule has 0 spiro atoms. The van der Waals surface area contributed by atoms with E-state index in [0.29, 0.717) is 12.0 Å². The third kappa shape index (κ3) is 1.17. The highest BCUT2D eigenvalue weighted by Crippen LogP contribution is 2.42. The first-order valence-corrected chi connectivity index (χ1v) is 5.44. The Kier molecular flexibility index (Phi) is 1.83. The lowest BCUT2D eigenvalue weighted by Gasteiger charge is -2.25. The zero-order valence-corrected chi connectivity index (χ0v) is 8.19. The molecule has 2 saturated carbocycles. The number of rotatable bonds is 3. The lowest BCUT2D eigenvalue weighted by molar-refractivity contribution is 0.263. The van der Waals surface area contributed by atoms with E-state index in [4.69, 9.17) is 5.11 Å². The second kappa shape index (κ2) is 3.05. The summed E-state index contributed by atoms with van der Waals surface area (Å²) in [6, 6.07) is 0.586. The first-order valence-electron chi connectivity index (χ1n) is 5.44. The Morgan fingerprint density at radius 3 is 2.50 bits per heavy atom. The minimum absolute atomic E-state index is 0.0240. The first-order chi connectivity index (χ1) is 6.90. The maximum absolute atomic E-state index is 9.16. The highest BCUT2D eigenvalue weighted by molar-refractivity contribution is 5.09. The Morgan fingerprint density at radius 1 is 1.21 bits per heavy atom. The van der Waals surface area contributed by atoms with Gasteiger partial charge in [0.15, 0.2) is 5.82 Å². The van der Waals surface area contributed by atoms with Crippen molar-refractivity contribution in [2.75, 3.05) is 0 Å². The number of aliphatic hydroxyl groups is 1. The van der Waals surface area contributed by atoms with Crippen LogP contribution in [0.2, 0.25) is 0 Å². The predicted molar refractivity (Wildman–Crippen MR) is 50.8 cm³/mol. The van der Waals surface area contributed by atoms with E-state index in [2.05, 4.69) is 14.8 Å². The molecule has 1 N–H and O–H groups in total. The summed E-state index contributed by atoms with van der Waals surface area (Å²) in [5, 5.41) is 17.4. The van der Waals surface area contributed by atoms with Gasteiger partial charge in [-0.3, -0.25) is 0 Å². The molecule has 0 bridgehead atoms. The molecule has 4 nitrogen and oxygen atoms in total. The van der Waals surface area contributed by atoms with Crippen LogP contribution in [0, 0.1) is 0 Å². The normalized spacial score (nSPS) is 22.4. The third-order valence-corrected chi connectivity index (χ3v) is 3.32. The smallest absolute Gasteiger partial charge is 0.159 e. The van der Waals surface area contributed by atoms with Gasteiger partial charge in [0.25, 0.3) is 0 Å².